The number of ether oxygens (including phenoxy) is 2. The SMILES string of the molecule is C1CCOC1.C1CCOC1.CC(C)(C)n1c(=S)n([BH-](n2c(=S)n(C(C)(C)C)c3ccccc32)n2c(=S)n(C(C)(C)C)c3ccccc32)c2ccccc21.[Na+]. The molecule has 0 N–H and O–H groups in total. The molecular formula is C41H56BN6NaO2S3. The second-order valence-electron chi connectivity index (χ2n) is 17.2. The van der Waals surface area contributed by atoms with Crippen molar-refractivity contribution in [3.05, 3.63) is 87.1 Å². The van der Waals surface area contributed by atoms with Gasteiger partial charge in [0.25, 0.3) is 7.12 Å². The first kappa shape index (κ1) is 42.8. The number of nitrogens with zero attached hydrogens (tertiary/aromatic N) is 6. The molecule has 3 aromatic carbocycles. The van der Waals surface area contributed by atoms with Crippen LogP contribution in [-0.2, 0) is 26.1 Å². The van der Waals surface area contributed by atoms with Crippen molar-refractivity contribution in [2.75, 3.05) is 26.4 Å². The van der Waals surface area contributed by atoms with E-state index in [2.05, 4.69) is 162 Å². The van der Waals surface area contributed by atoms with E-state index in [1.165, 1.54) is 25.7 Å². The first-order valence-electron chi connectivity index (χ1n) is 19.1. The number of rotatable bonds is 3. The van der Waals surface area contributed by atoms with Crippen LogP contribution < -0.4 is 29.6 Å². The third kappa shape index (κ3) is 8.37. The van der Waals surface area contributed by atoms with Crippen LogP contribution in [0.5, 0.6) is 0 Å². The van der Waals surface area contributed by atoms with Crippen molar-refractivity contribution in [1.29, 1.82) is 0 Å². The Labute approximate surface area is 358 Å². The van der Waals surface area contributed by atoms with Gasteiger partial charge in [-0.1, -0.05) is 36.4 Å². The molecular weight excluding hydrogens is 738 g/mol. The summed E-state index contributed by atoms with van der Waals surface area (Å²) < 4.78 is 26.0. The number of hydrogen-bond acceptors (Lipinski definition) is 5. The largest absolute Gasteiger partial charge is 1.00 e. The van der Waals surface area contributed by atoms with Crippen molar-refractivity contribution in [3.63, 3.8) is 0 Å². The minimum atomic E-state index is -1.80. The fourth-order valence-corrected chi connectivity index (χ4v) is 9.59. The number of imidazole rings is 3. The van der Waals surface area contributed by atoms with Crippen LogP contribution in [0.15, 0.2) is 72.8 Å². The number of benzene rings is 3. The number of aromatic nitrogens is 6. The van der Waals surface area contributed by atoms with Gasteiger partial charge in [-0.15, -0.1) is 0 Å². The van der Waals surface area contributed by atoms with Crippen LogP contribution >= 0.6 is 36.7 Å². The van der Waals surface area contributed by atoms with E-state index in [1.54, 1.807) is 0 Å². The Hall–Kier alpha value is -2.29. The third-order valence-corrected chi connectivity index (χ3v) is 11.2. The van der Waals surface area contributed by atoms with Gasteiger partial charge in [-0.25, -0.2) is 0 Å². The Morgan fingerprint density at radius 1 is 0.426 bits per heavy atom. The maximum absolute atomic E-state index is 6.45. The van der Waals surface area contributed by atoms with Crippen molar-refractivity contribution in [2.45, 2.75) is 105 Å². The van der Waals surface area contributed by atoms with Crippen LogP contribution in [0, 0.1) is 14.3 Å². The Morgan fingerprint density at radius 2 is 0.648 bits per heavy atom. The van der Waals surface area contributed by atoms with E-state index in [0.29, 0.717) is 0 Å². The zero-order valence-corrected chi connectivity index (χ0v) is 38.5. The maximum atomic E-state index is 6.45. The number of fused-ring (bicyclic) bond motifs is 3. The van der Waals surface area contributed by atoms with E-state index in [4.69, 9.17) is 46.1 Å². The summed E-state index contributed by atoms with van der Waals surface area (Å²) >= 11 is 19.3. The minimum Gasteiger partial charge on any atom is -0.456 e. The zero-order chi connectivity index (χ0) is 38.3. The van der Waals surface area contributed by atoms with Crippen LogP contribution in [-0.4, -0.2) is 60.7 Å². The molecule has 5 heterocycles. The van der Waals surface area contributed by atoms with E-state index in [-0.39, 0.29) is 46.2 Å². The van der Waals surface area contributed by atoms with Crippen molar-refractivity contribution in [2.24, 2.45) is 0 Å². The van der Waals surface area contributed by atoms with Crippen molar-refractivity contribution in [3.8, 4) is 0 Å². The molecule has 6 aromatic rings. The van der Waals surface area contributed by atoms with Gasteiger partial charge in [-0.05, 0) is 161 Å². The summed E-state index contributed by atoms with van der Waals surface area (Å²) in [6, 6.07) is 25.5. The molecule has 13 heteroatoms. The first-order chi connectivity index (χ1) is 25.0. The van der Waals surface area contributed by atoms with E-state index in [0.717, 1.165) is 73.8 Å². The van der Waals surface area contributed by atoms with Crippen LogP contribution in [0.1, 0.15) is 88.0 Å². The predicted octanol–water partition coefficient (Wildman–Crippen LogP) is 7.67. The van der Waals surface area contributed by atoms with Crippen LogP contribution in [0.4, 0.5) is 0 Å². The second kappa shape index (κ2) is 17.1. The molecule has 0 saturated carbocycles. The Balaban J connectivity index is 0.000000442. The van der Waals surface area contributed by atoms with Gasteiger partial charge < -0.3 is 36.6 Å². The molecule has 0 unspecified atom stereocenters. The van der Waals surface area contributed by atoms with E-state index >= 15 is 0 Å². The molecule has 0 atom stereocenters. The standard InChI is InChI=1S/C33H40BN6S3.2C4H8O.Na/c1-31(2,3)35-22-16-10-13-19-25(22)38(28(35)41)34(39-26-20-14-11-17-23(26)36(29(39)42)32(4,5)6)40-27-21-15-12-18-24(27)37(30(40)43)33(7,8)9;2*1-2-4-5-3-1;/h10-21,34H,1-9H3;2*1-4H2;/q-1;;;+1. The third-order valence-electron chi connectivity index (χ3n) is 10.0. The molecule has 8 rings (SSSR count). The van der Waals surface area contributed by atoms with Crippen molar-refractivity contribution < 1.29 is 39.0 Å². The summed E-state index contributed by atoms with van der Waals surface area (Å²) in [6.07, 6.45) is 5.11. The van der Waals surface area contributed by atoms with Crippen LogP contribution in [0.2, 0.25) is 0 Å². The molecule has 2 aliphatic rings. The summed E-state index contributed by atoms with van der Waals surface area (Å²) in [5, 5.41) is 0. The summed E-state index contributed by atoms with van der Waals surface area (Å²) in [4.78, 5) is 0. The zero-order valence-electron chi connectivity index (χ0n) is 34.0. The van der Waals surface area contributed by atoms with Crippen LogP contribution in [0.25, 0.3) is 33.1 Å². The van der Waals surface area contributed by atoms with Gasteiger partial charge in [-0.2, -0.15) is 0 Å². The predicted molar refractivity (Wildman–Crippen MR) is 231 cm³/mol. The molecule has 2 fully saturated rings. The molecule has 0 spiro atoms. The molecule has 0 bridgehead atoms. The fourth-order valence-electron chi connectivity index (χ4n) is 7.83. The van der Waals surface area contributed by atoms with E-state index < -0.39 is 7.12 Å². The fraction of sp³-hybridized carbons (Fsp3) is 0.488. The van der Waals surface area contributed by atoms with Gasteiger partial charge in [0.15, 0.2) is 0 Å². The Bertz CT molecular complexity index is 2130. The molecule has 0 amide bonds. The average Bonchev–Trinajstić information content (AvgIpc) is 3.92. The summed E-state index contributed by atoms with van der Waals surface area (Å²) in [7, 11) is -1.80. The second-order valence-corrected chi connectivity index (χ2v) is 18.3. The summed E-state index contributed by atoms with van der Waals surface area (Å²) in [5.41, 5.74) is 5.73. The molecule has 54 heavy (non-hydrogen) atoms. The number of para-hydroxylation sites is 6. The topological polar surface area (TPSA) is 48.0 Å². The Morgan fingerprint density at radius 3 is 0.833 bits per heavy atom. The molecule has 8 nitrogen and oxygen atoms in total. The van der Waals surface area contributed by atoms with Crippen molar-refractivity contribution in [1.82, 2.24) is 27.1 Å². The smallest absolute Gasteiger partial charge is 0.456 e. The van der Waals surface area contributed by atoms with Gasteiger partial charge in [0, 0.05) is 59.6 Å². The monoisotopic (exact) mass is 794 g/mol. The van der Waals surface area contributed by atoms with Gasteiger partial charge in [-0.3, -0.25) is 0 Å². The maximum Gasteiger partial charge on any atom is 1.00 e. The normalized spacial score (nSPS) is 15.0. The molecule has 2 aliphatic heterocycles. The molecule has 2 saturated heterocycles. The van der Waals surface area contributed by atoms with Gasteiger partial charge in [0.05, 0.1) is 16.6 Å². The molecule has 284 valence electrons. The molecule has 0 aliphatic carbocycles. The van der Waals surface area contributed by atoms with E-state index in [9.17, 15) is 0 Å². The minimum absolute atomic E-state index is 0. The van der Waals surface area contributed by atoms with E-state index in [1.807, 2.05) is 0 Å². The quantitative estimate of drug-likeness (QED) is 0.136. The summed E-state index contributed by atoms with van der Waals surface area (Å²) in [6.45, 7) is 23.9. The molecule has 3 aromatic heterocycles. The molecule has 0 radical (unpaired) electrons. The van der Waals surface area contributed by atoms with Gasteiger partial charge in [0.1, 0.15) is 14.3 Å². The summed E-state index contributed by atoms with van der Waals surface area (Å²) in [5.74, 6) is 0. The average molecular weight is 795 g/mol. The Kier molecular flexibility index (Phi) is 13.5. The first-order valence-corrected chi connectivity index (χ1v) is 20.3. The van der Waals surface area contributed by atoms with Crippen LogP contribution in [0.3, 0.4) is 0 Å². The van der Waals surface area contributed by atoms with Gasteiger partial charge >= 0.3 is 29.6 Å². The van der Waals surface area contributed by atoms with Crippen molar-refractivity contribution >= 4 is 76.9 Å². The van der Waals surface area contributed by atoms with Gasteiger partial charge in [0.2, 0.25) is 0 Å². The number of hydrogen-bond donors (Lipinski definition) is 0.